The highest BCUT2D eigenvalue weighted by atomic mass is 16.3. The second-order valence-corrected chi connectivity index (χ2v) is 3.84. The molecule has 0 saturated carbocycles. The second-order valence-electron chi connectivity index (χ2n) is 3.84. The number of amides is 1. The van der Waals surface area contributed by atoms with Gasteiger partial charge in [0.25, 0.3) is 5.91 Å². The molecule has 0 fully saturated rings. The van der Waals surface area contributed by atoms with Crippen molar-refractivity contribution in [1.82, 2.24) is 14.9 Å². The van der Waals surface area contributed by atoms with Crippen molar-refractivity contribution in [2.45, 2.75) is 19.9 Å². The summed E-state index contributed by atoms with van der Waals surface area (Å²) in [6.45, 7) is 3.32. The van der Waals surface area contributed by atoms with Gasteiger partial charge in [-0.3, -0.25) is 4.79 Å². The molecule has 0 aromatic carbocycles. The lowest BCUT2D eigenvalue weighted by Gasteiger charge is -2.04. The smallest absolute Gasteiger partial charge is 0.287 e. The fourth-order valence-corrected chi connectivity index (χ4v) is 1.57. The molecular formula is C12H15N3O2. The van der Waals surface area contributed by atoms with Crippen molar-refractivity contribution in [1.29, 1.82) is 0 Å². The van der Waals surface area contributed by atoms with Gasteiger partial charge in [0, 0.05) is 31.0 Å². The largest absolute Gasteiger partial charge is 0.459 e. The van der Waals surface area contributed by atoms with E-state index >= 15 is 0 Å². The van der Waals surface area contributed by atoms with Crippen molar-refractivity contribution >= 4 is 5.91 Å². The third kappa shape index (κ3) is 2.96. The molecule has 2 aromatic heterocycles. The lowest BCUT2D eigenvalue weighted by atomic mass is 10.2. The van der Waals surface area contributed by atoms with Crippen LogP contribution in [-0.4, -0.2) is 22.0 Å². The van der Waals surface area contributed by atoms with Crippen LogP contribution in [0.5, 0.6) is 0 Å². The molecule has 1 N–H and O–H groups in total. The molecule has 1 amide bonds. The lowest BCUT2D eigenvalue weighted by Crippen LogP contribution is -2.25. The highest BCUT2D eigenvalue weighted by molar-refractivity contribution is 5.92. The summed E-state index contributed by atoms with van der Waals surface area (Å²) in [7, 11) is 0. The Labute approximate surface area is 99.5 Å². The van der Waals surface area contributed by atoms with E-state index in [-0.39, 0.29) is 5.91 Å². The third-order valence-electron chi connectivity index (χ3n) is 2.51. The molecule has 2 rings (SSSR count). The van der Waals surface area contributed by atoms with Crippen LogP contribution in [0.4, 0.5) is 0 Å². The summed E-state index contributed by atoms with van der Waals surface area (Å²) < 4.78 is 7.08. The molecule has 90 valence electrons. The first kappa shape index (κ1) is 11.4. The minimum atomic E-state index is -0.155. The summed E-state index contributed by atoms with van der Waals surface area (Å²) >= 11 is 0. The molecule has 2 aromatic rings. The average Bonchev–Trinajstić information content (AvgIpc) is 2.95. The van der Waals surface area contributed by atoms with Gasteiger partial charge in [-0.2, -0.15) is 0 Å². The van der Waals surface area contributed by atoms with Gasteiger partial charge in [-0.05, 0) is 19.4 Å². The van der Waals surface area contributed by atoms with Gasteiger partial charge in [0.05, 0.1) is 12.6 Å². The minimum Gasteiger partial charge on any atom is -0.459 e. The predicted octanol–water partition coefficient (Wildman–Crippen LogP) is 1.60. The molecule has 0 aliphatic rings. The lowest BCUT2D eigenvalue weighted by molar-refractivity contribution is 0.0924. The quantitative estimate of drug-likeness (QED) is 0.798. The van der Waals surface area contributed by atoms with Crippen molar-refractivity contribution in [3.8, 4) is 0 Å². The zero-order chi connectivity index (χ0) is 12.1. The fourth-order valence-electron chi connectivity index (χ4n) is 1.57. The summed E-state index contributed by atoms with van der Waals surface area (Å²) in [5.74, 6) is 0.241. The van der Waals surface area contributed by atoms with Crippen molar-refractivity contribution < 1.29 is 9.21 Å². The first-order chi connectivity index (χ1) is 8.27. The molecule has 0 unspecified atom stereocenters. The number of nitrogens with zero attached hydrogens (tertiary/aromatic N) is 2. The predicted molar refractivity (Wildman–Crippen MR) is 62.6 cm³/mol. The Morgan fingerprint density at radius 1 is 1.59 bits per heavy atom. The Morgan fingerprint density at radius 2 is 2.47 bits per heavy atom. The number of rotatable bonds is 5. The number of furan rings is 1. The topological polar surface area (TPSA) is 60.1 Å². The average molecular weight is 233 g/mol. The second kappa shape index (κ2) is 5.34. The molecule has 0 radical (unpaired) electrons. The Hall–Kier alpha value is -2.04. The van der Waals surface area contributed by atoms with E-state index in [0.717, 1.165) is 18.5 Å². The molecule has 5 nitrogen and oxygen atoms in total. The molecule has 17 heavy (non-hydrogen) atoms. The van der Waals surface area contributed by atoms with Gasteiger partial charge in [-0.1, -0.05) is 0 Å². The zero-order valence-corrected chi connectivity index (χ0v) is 9.72. The van der Waals surface area contributed by atoms with E-state index in [1.807, 2.05) is 17.7 Å². The fraction of sp³-hybridized carbons (Fsp3) is 0.333. The monoisotopic (exact) mass is 233 g/mol. The van der Waals surface area contributed by atoms with Crippen LogP contribution in [0.3, 0.4) is 0 Å². The van der Waals surface area contributed by atoms with Crippen LogP contribution < -0.4 is 5.32 Å². The summed E-state index contributed by atoms with van der Waals surface area (Å²) in [5, 5.41) is 2.82. The van der Waals surface area contributed by atoms with E-state index in [2.05, 4.69) is 10.3 Å². The molecule has 0 atom stereocenters. The van der Waals surface area contributed by atoms with Gasteiger partial charge in [0.2, 0.25) is 0 Å². The van der Waals surface area contributed by atoms with Crippen LogP contribution >= 0.6 is 0 Å². The van der Waals surface area contributed by atoms with E-state index in [1.165, 1.54) is 6.26 Å². The summed E-state index contributed by atoms with van der Waals surface area (Å²) in [6, 6.07) is 1.78. The third-order valence-corrected chi connectivity index (χ3v) is 2.51. The molecule has 0 spiro atoms. The molecule has 0 aliphatic carbocycles. The van der Waals surface area contributed by atoms with Crippen molar-refractivity contribution in [3.05, 3.63) is 42.4 Å². The van der Waals surface area contributed by atoms with Gasteiger partial charge >= 0.3 is 0 Å². The first-order valence-corrected chi connectivity index (χ1v) is 5.55. The number of hydrogen-bond acceptors (Lipinski definition) is 3. The van der Waals surface area contributed by atoms with E-state index in [9.17, 15) is 4.79 Å². The van der Waals surface area contributed by atoms with E-state index in [1.54, 1.807) is 18.6 Å². The normalized spacial score (nSPS) is 10.4. The van der Waals surface area contributed by atoms with Crippen LogP contribution in [0.25, 0.3) is 0 Å². The highest BCUT2D eigenvalue weighted by Crippen LogP contribution is 2.07. The van der Waals surface area contributed by atoms with Gasteiger partial charge in [-0.25, -0.2) is 4.98 Å². The summed E-state index contributed by atoms with van der Waals surface area (Å²) in [6.07, 6.45) is 7.79. The molecule has 2 heterocycles. The van der Waals surface area contributed by atoms with Gasteiger partial charge in [0.1, 0.15) is 0 Å². The van der Waals surface area contributed by atoms with Crippen LogP contribution in [-0.2, 0) is 6.54 Å². The van der Waals surface area contributed by atoms with E-state index in [4.69, 9.17) is 4.42 Å². The van der Waals surface area contributed by atoms with Crippen molar-refractivity contribution in [3.63, 3.8) is 0 Å². The van der Waals surface area contributed by atoms with Gasteiger partial charge in [0.15, 0.2) is 5.76 Å². The number of aromatic nitrogens is 2. The number of hydrogen-bond donors (Lipinski definition) is 1. The molecule has 0 aliphatic heterocycles. The summed E-state index contributed by atoms with van der Waals surface area (Å²) in [5.41, 5.74) is 0.858. The van der Waals surface area contributed by atoms with E-state index in [0.29, 0.717) is 12.3 Å². The minimum absolute atomic E-state index is 0.155. The SMILES string of the molecule is Cc1ccoc1C(=O)NCCCn1ccnc1. The van der Waals surface area contributed by atoms with Gasteiger partial charge < -0.3 is 14.3 Å². The van der Waals surface area contributed by atoms with E-state index < -0.39 is 0 Å². The maximum absolute atomic E-state index is 11.7. The summed E-state index contributed by atoms with van der Waals surface area (Å²) in [4.78, 5) is 15.6. The van der Waals surface area contributed by atoms with Crippen LogP contribution in [0.15, 0.2) is 35.5 Å². The zero-order valence-electron chi connectivity index (χ0n) is 9.72. The molecule has 0 bridgehead atoms. The van der Waals surface area contributed by atoms with Crippen LogP contribution in [0, 0.1) is 6.92 Å². The Kier molecular flexibility index (Phi) is 3.59. The molecular weight excluding hydrogens is 218 g/mol. The molecule has 5 heteroatoms. The van der Waals surface area contributed by atoms with Crippen LogP contribution in [0.1, 0.15) is 22.5 Å². The molecule has 0 saturated heterocycles. The Bertz CT molecular complexity index is 474. The van der Waals surface area contributed by atoms with Crippen molar-refractivity contribution in [2.75, 3.05) is 6.54 Å². The number of carbonyl (C=O) groups is 1. The van der Waals surface area contributed by atoms with Gasteiger partial charge in [-0.15, -0.1) is 0 Å². The number of aryl methyl sites for hydroxylation is 2. The van der Waals surface area contributed by atoms with Crippen molar-refractivity contribution in [2.24, 2.45) is 0 Å². The highest BCUT2D eigenvalue weighted by Gasteiger charge is 2.11. The number of nitrogens with one attached hydrogen (secondary N) is 1. The number of carbonyl (C=O) groups excluding carboxylic acids is 1. The maximum Gasteiger partial charge on any atom is 0.287 e. The standard InChI is InChI=1S/C12H15N3O2/c1-10-3-8-17-11(10)12(16)14-4-2-6-15-7-5-13-9-15/h3,5,7-9H,2,4,6H2,1H3,(H,14,16). The Morgan fingerprint density at radius 3 is 3.12 bits per heavy atom. The first-order valence-electron chi connectivity index (χ1n) is 5.55. The Balaban J connectivity index is 1.72. The number of imidazole rings is 1. The van der Waals surface area contributed by atoms with Crippen LogP contribution in [0.2, 0.25) is 0 Å². The maximum atomic E-state index is 11.7.